The van der Waals surface area contributed by atoms with Crippen molar-refractivity contribution in [2.24, 2.45) is 0 Å². The molecule has 0 bridgehead atoms. The van der Waals surface area contributed by atoms with Crippen molar-refractivity contribution in [3.05, 3.63) is 60.3 Å². The molecular weight excluding hydrogens is 264 g/mol. The van der Waals surface area contributed by atoms with Crippen LogP contribution < -0.4 is 10.1 Å². The van der Waals surface area contributed by atoms with Crippen molar-refractivity contribution in [1.29, 1.82) is 0 Å². The van der Waals surface area contributed by atoms with Gasteiger partial charge in [-0.25, -0.2) is 0 Å². The van der Waals surface area contributed by atoms with Gasteiger partial charge in [-0.15, -0.1) is 0 Å². The first-order valence-corrected chi connectivity index (χ1v) is 6.87. The molecule has 1 aliphatic rings. The number of anilines is 1. The zero-order chi connectivity index (χ0) is 14.2. The highest BCUT2D eigenvalue weighted by Crippen LogP contribution is 2.37. The molecule has 0 saturated heterocycles. The molecule has 0 aliphatic carbocycles. The van der Waals surface area contributed by atoms with Crippen LogP contribution in [0.1, 0.15) is 11.6 Å². The standard InChI is InChI=1S/C17H14N2O2/c20-12-6-7-13-15(10-21-16(13)9-12)19-14-5-1-3-11-4-2-8-18-17(11)14/h1-9,15,19-20H,10H2. The average molecular weight is 278 g/mol. The number of hydrogen-bond acceptors (Lipinski definition) is 4. The summed E-state index contributed by atoms with van der Waals surface area (Å²) in [5.41, 5.74) is 3.00. The minimum absolute atomic E-state index is 0.0632. The first-order valence-electron chi connectivity index (χ1n) is 6.87. The topological polar surface area (TPSA) is 54.4 Å². The van der Waals surface area contributed by atoms with E-state index in [1.165, 1.54) is 0 Å². The normalized spacial score (nSPS) is 16.5. The highest BCUT2D eigenvalue weighted by Gasteiger charge is 2.24. The number of pyridine rings is 1. The second-order valence-electron chi connectivity index (χ2n) is 5.11. The fraction of sp³-hybridized carbons (Fsp3) is 0.118. The number of ether oxygens (including phenoxy) is 1. The lowest BCUT2D eigenvalue weighted by Gasteiger charge is -2.14. The monoisotopic (exact) mass is 278 g/mol. The Bertz CT molecular complexity index is 811. The number of aromatic nitrogens is 1. The summed E-state index contributed by atoms with van der Waals surface area (Å²) in [4.78, 5) is 4.45. The second-order valence-corrected chi connectivity index (χ2v) is 5.11. The molecule has 1 aliphatic heterocycles. The zero-order valence-corrected chi connectivity index (χ0v) is 11.3. The van der Waals surface area contributed by atoms with Gasteiger partial charge in [-0.05, 0) is 24.3 Å². The van der Waals surface area contributed by atoms with E-state index < -0.39 is 0 Å². The summed E-state index contributed by atoms with van der Waals surface area (Å²) < 4.78 is 5.63. The van der Waals surface area contributed by atoms with E-state index in [-0.39, 0.29) is 11.8 Å². The Morgan fingerprint density at radius 2 is 2.05 bits per heavy atom. The summed E-state index contributed by atoms with van der Waals surface area (Å²) in [7, 11) is 0. The van der Waals surface area contributed by atoms with Gasteiger partial charge in [0.1, 0.15) is 18.1 Å². The summed E-state index contributed by atoms with van der Waals surface area (Å²) in [6.45, 7) is 0.544. The maximum absolute atomic E-state index is 9.50. The number of benzene rings is 2. The summed E-state index contributed by atoms with van der Waals surface area (Å²) in [6, 6.07) is 15.4. The van der Waals surface area contributed by atoms with Gasteiger partial charge in [0.15, 0.2) is 0 Å². The van der Waals surface area contributed by atoms with Crippen molar-refractivity contribution < 1.29 is 9.84 Å². The Morgan fingerprint density at radius 1 is 1.14 bits per heavy atom. The van der Waals surface area contributed by atoms with Crippen LogP contribution in [-0.2, 0) is 0 Å². The van der Waals surface area contributed by atoms with Gasteiger partial charge in [-0.1, -0.05) is 18.2 Å². The molecule has 1 unspecified atom stereocenters. The van der Waals surface area contributed by atoms with Crippen LogP contribution in [0.5, 0.6) is 11.5 Å². The molecule has 2 heterocycles. The molecule has 0 amide bonds. The van der Waals surface area contributed by atoms with Crippen molar-refractivity contribution in [3.63, 3.8) is 0 Å². The predicted molar refractivity (Wildman–Crippen MR) is 81.7 cm³/mol. The fourth-order valence-corrected chi connectivity index (χ4v) is 2.73. The summed E-state index contributed by atoms with van der Waals surface area (Å²) in [5, 5.41) is 14.1. The third kappa shape index (κ3) is 2.05. The Balaban J connectivity index is 1.71. The number of nitrogens with zero attached hydrogens (tertiary/aromatic N) is 1. The third-order valence-corrected chi connectivity index (χ3v) is 3.74. The summed E-state index contributed by atoms with van der Waals surface area (Å²) >= 11 is 0. The predicted octanol–water partition coefficient (Wildman–Crippen LogP) is 3.49. The van der Waals surface area contributed by atoms with Crippen molar-refractivity contribution >= 4 is 16.6 Å². The van der Waals surface area contributed by atoms with Crippen LogP contribution in [0.15, 0.2) is 54.7 Å². The lowest BCUT2D eigenvalue weighted by Crippen LogP contribution is -2.12. The molecule has 0 fully saturated rings. The maximum atomic E-state index is 9.50. The van der Waals surface area contributed by atoms with Crippen LogP contribution in [0.25, 0.3) is 10.9 Å². The van der Waals surface area contributed by atoms with Gasteiger partial charge in [-0.2, -0.15) is 0 Å². The Morgan fingerprint density at radius 3 is 3.00 bits per heavy atom. The van der Waals surface area contributed by atoms with E-state index in [1.807, 2.05) is 36.4 Å². The molecule has 2 aromatic carbocycles. The van der Waals surface area contributed by atoms with Crippen LogP contribution in [0.4, 0.5) is 5.69 Å². The number of rotatable bonds is 2. The molecule has 21 heavy (non-hydrogen) atoms. The minimum atomic E-state index is 0.0632. The number of aromatic hydroxyl groups is 1. The molecule has 4 heteroatoms. The van der Waals surface area contributed by atoms with E-state index >= 15 is 0 Å². The van der Waals surface area contributed by atoms with Gasteiger partial charge in [0.2, 0.25) is 0 Å². The molecule has 2 N–H and O–H groups in total. The quantitative estimate of drug-likeness (QED) is 0.753. The van der Waals surface area contributed by atoms with Gasteiger partial charge in [0.05, 0.1) is 17.2 Å². The molecule has 3 aromatic rings. The van der Waals surface area contributed by atoms with Gasteiger partial charge in [0, 0.05) is 23.2 Å². The van der Waals surface area contributed by atoms with Crippen LogP contribution in [0.2, 0.25) is 0 Å². The van der Waals surface area contributed by atoms with E-state index in [2.05, 4.69) is 10.3 Å². The van der Waals surface area contributed by atoms with E-state index in [9.17, 15) is 5.11 Å². The molecule has 0 saturated carbocycles. The Kier molecular flexibility index (Phi) is 2.67. The highest BCUT2D eigenvalue weighted by molar-refractivity contribution is 5.90. The summed E-state index contributed by atoms with van der Waals surface area (Å²) in [6.07, 6.45) is 1.80. The number of phenolic OH excluding ortho intramolecular Hbond substituents is 1. The number of phenols is 1. The number of para-hydroxylation sites is 1. The SMILES string of the molecule is Oc1ccc2c(c1)OCC2Nc1cccc2cccnc12. The number of fused-ring (bicyclic) bond motifs is 2. The molecule has 1 aromatic heterocycles. The van der Waals surface area contributed by atoms with E-state index in [1.54, 1.807) is 18.3 Å². The number of hydrogen-bond donors (Lipinski definition) is 2. The van der Waals surface area contributed by atoms with E-state index in [0.29, 0.717) is 6.61 Å². The molecule has 4 nitrogen and oxygen atoms in total. The van der Waals surface area contributed by atoms with Crippen molar-refractivity contribution in [1.82, 2.24) is 4.98 Å². The average Bonchev–Trinajstić information content (AvgIpc) is 2.90. The third-order valence-electron chi connectivity index (χ3n) is 3.74. The fourth-order valence-electron chi connectivity index (χ4n) is 2.73. The molecule has 0 radical (unpaired) electrons. The molecule has 0 spiro atoms. The molecular formula is C17H14N2O2. The van der Waals surface area contributed by atoms with Crippen molar-refractivity contribution in [2.45, 2.75) is 6.04 Å². The van der Waals surface area contributed by atoms with Gasteiger partial charge in [0.25, 0.3) is 0 Å². The smallest absolute Gasteiger partial charge is 0.128 e. The van der Waals surface area contributed by atoms with Crippen LogP contribution in [0.3, 0.4) is 0 Å². The molecule has 104 valence electrons. The van der Waals surface area contributed by atoms with E-state index in [0.717, 1.165) is 27.9 Å². The van der Waals surface area contributed by atoms with Gasteiger partial charge >= 0.3 is 0 Å². The largest absolute Gasteiger partial charge is 0.508 e. The maximum Gasteiger partial charge on any atom is 0.128 e. The van der Waals surface area contributed by atoms with Crippen LogP contribution in [0, 0.1) is 0 Å². The highest BCUT2D eigenvalue weighted by atomic mass is 16.5. The van der Waals surface area contributed by atoms with Crippen LogP contribution in [-0.4, -0.2) is 16.7 Å². The first kappa shape index (κ1) is 12.0. The van der Waals surface area contributed by atoms with Gasteiger partial charge in [-0.3, -0.25) is 4.98 Å². The molecule has 4 rings (SSSR count). The summed E-state index contributed by atoms with van der Waals surface area (Å²) in [5.74, 6) is 0.960. The minimum Gasteiger partial charge on any atom is -0.508 e. The van der Waals surface area contributed by atoms with Crippen LogP contribution >= 0.6 is 0 Å². The van der Waals surface area contributed by atoms with E-state index in [4.69, 9.17) is 4.74 Å². The number of nitrogens with one attached hydrogen (secondary N) is 1. The lowest BCUT2D eigenvalue weighted by atomic mass is 10.1. The zero-order valence-electron chi connectivity index (χ0n) is 11.3. The van der Waals surface area contributed by atoms with Crippen molar-refractivity contribution in [2.75, 3.05) is 11.9 Å². The lowest BCUT2D eigenvalue weighted by molar-refractivity contribution is 0.338. The Labute approximate surface area is 122 Å². The molecule has 1 atom stereocenters. The first-order chi connectivity index (χ1) is 10.3. The van der Waals surface area contributed by atoms with Crippen molar-refractivity contribution in [3.8, 4) is 11.5 Å². The second kappa shape index (κ2) is 4.66. The van der Waals surface area contributed by atoms with Gasteiger partial charge < -0.3 is 15.2 Å². The Hall–Kier alpha value is -2.75.